The number of piperidine rings is 1. The molecule has 4 saturated carbocycles. The Morgan fingerprint density at radius 2 is 1.70 bits per heavy atom. The number of nitrogens with one attached hydrogen (secondary N) is 1. The first-order chi connectivity index (χ1) is 17.5. The van der Waals surface area contributed by atoms with Crippen LogP contribution < -0.4 is 10.2 Å². The molecular weight excluding hydrogens is 486 g/mol. The van der Waals surface area contributed by atoms with Crippen LogP contribution in [0.25, 0.3) is 10.8 Å². The minimum atomic E-state index is -3.94. The van der Waals surface area contributed by atoms with Crippen LogP contribution in [0.2, 0.25) is 0 Å². The average Bonchev–Trinajstić information content (AvgIpc) is 2.84. The van der Waals surface area contributed by atoms with E-state index in [0.717, 1.165) is 56.0 Å². The number of hydrogen-bond donors (Lipinski definition) is 2. The highest BCUT2D eigenvalue weighted by Crippen LogP contribution is 2.55. The summed E-state index contributed by atoms with van der Waals surface area (Å²) in [6, 6.07) is 11.2. The molecule has 1 saturated heterocycles. The number of fused-ring (bicyclic) bond motifs is 1. The van der Waals surface area contributed by atoms with Crippen molar-refractivity contribution in [2.75, 3.05) is 25.5 Å². The standard InChI is InChI=1S/C29H39N3O4S/c1-28(27(33)30-26-20-14-19-15-21(26)18-29(34,16-19)17-20)12-4-5-13-32(28)37(35,36)25-11-7-8-22-23(25)9-6-10-24(22)31(2)3/h6-11,19-21,26,34H,4-5,12-18H2,1-3H3,(H,30,33)/t19?,20?,21?,26?,28-,29?/m0/s1. The molecular formula is C29H39N3O4S. The number of anilines is 1. The molecule has 2 N–H and O–H groups in total. The fourth-order valence-electron chi connectivity index (χ4n) is 8.23. The summed E-state index contributed by atoms with van der Waals surface area (Å²) >= 11 is 0. The van der Waals surface area contributed by atoms with Gasteiger partial charge in [-0.15, -0.1) is 0 Å². The lowest BCUT2D eigenvalue weighted by Gasteiger charge is -2.58. The molecule has 7 nitrogen and oxygen atoms in total. The third kappa shape index (κ3) is 3.98. The Labute approximate surface area is 220 Å². The van der Waals surface area contributed by atoms with Crippen LogP contribution in [0, 0.1) is 17.8 Å². The second-order valence-corrected chi connectivity index (χ2v) is 14.4. The van der Waals surface area contributed by atoms with Crippen molar-refractivity contribution in [3.8, 4) is 0 Å². The topological polar surface area (TPSA) is 90.0 Å². The quantitative estimate of drug-likeness (QED) is 0.618. The fraction of sp³-hybridized carbons (Fsp3) is 0.621. The number of hydrogen-bond acceptors (Lipinski definition) is 5. The molecule has 1 aliphatic heterocycles. The predicted octanol–water partition coefficient (Wildman–Crippen LogP) is 3.89. The number of sulfonamides is 1. The van der Waals surface area contributed by atoms with E-state index in [4.69, 9.17) is 0 Å². The molecule has 4 bridgehead atoms. The van der Waals surface area contributed by atoms with E-state index < -0.39 is 21.2 Å². The van der Waals surface area contributed by atoms with Crippen molar-refractivity contribution in [2.45, 2.75) is 80.4 Å². The third-order valence-electron chi connectivity index (χ3n) is 9.76. The summed E-state index contributed by atoms with van der Waals surface area (Å²) < 4.78 is 30.0. The number of amides is 1. The predicted molar refractivity (Wildman–Crippen MR) is 145 cm³/mol. The molecule has 7 rings (SSSR count). The summed E-state index contributed by atoms with van der Waals surface area (Å²) in [4.78, 5) is 16.2. The Bertz CT molecular complexity index is 1330. The van der Waals surface area contributed by atoms with Gasteiger partial charge in [-0.3, -0.25) is 4.79 Å². The lowest BCUT2D eigenvalue weighted by atomic mass is 9.52. The van der Waals surface area contributed by atoms with Crippen LogP contribution in [0.5, 0.6) is 0 Å². The zero-order valence-corrected chi connectivity index (χ0v) is 22.9. The number of aliphatic hydroxyl groups is 1. The van der Waals surface area contributed by atoms with Gasteiger partial charge in [0.15, 0.2) is 0 Å². The SMILES string of the molecule is CN(C)c1cccc2c(S(=O)(=O)N3CCCC[C@@]3(C)C(=O)NC3C4CC5CC3CC(O)(C5)C4)cccc12. The summed E-state index contributed by atoms with van der Waals surface area (Å²) in [5, 5.41) is 15.9. The van der Waals surface area contributed by atoms with Crippen LogP contribution in [-0.2, 0) is 14.8 Å². The molecule has 5 aliphatic rings. The average molecular weight is 526 g/mol. The number of carbonyl (C=O) groups is 1. The fourth-order valence-corrected chi connectivity index (χ4v) is 10.2. The van der Waals surface area contributed by atoms with Crippen molar-refractivity contribution in [1.82, 2.24) is 9.62 Å². The normalized spacial score (nSPS) is 35.6. The lowest BCUT2D eigenvalue weighted by molar-refractivity contribution is -0.151. The molecule has 2 unspecified atom stereocenters. The first-order valence-corrected chi connectivity index (χ1v) is 15.2. The highest BCUT2D eigenvalue weighted by molar-refractivity contribution is 7.89. The molecule has 0 radical (unpaired) electrons. The van der Waals surface area contributed by atoms with Crippen molar-refractivity contribution in [2.24, 2.45) is 17.8 Å². The van der Waals surface area contributed by atoms with Gasteiger partial charge >= 0.3 is 0 Å². The molecule has 37 heavy (non-hydrogen) atoms. The Morgan fingerprint density at radius 3 is 2.38 bits per heavy atom. The summed E-state index contributed by atoms with van der Waals surface area (Å²) in [6.45, 7) is 2.13. The van der Waals surface area contributed by atoms with Gasteiger partial charge < -0.3 is 15.3 Å². The molecule has 5 fully saturated rings. The summed E-state index contributed by atoms with van der Waals surface area (Å²) in [5.74, 6) is 0.922. The van der Waals surface area contributed by atoms with Gasteiger partial charge in [-0.1, -0.05) is 24.3 Å². The van der Waals surface area contributed by atoms with Crippen molar-refractivity contribution >= 4 is 32.4 Å². The lowest BCUT2D eigenvalue weighted by Crippen LogP contribution is -2.66. The highest BCUT2D eigenvalue weighted by Gasteiger charge is 2.56. The van der Waals surface area contributed by atoms with E-state index in [1.807, 2.05) is 43.3 Å². The molecule has 1 amide bonds. The van der Waals surface area contributed by atoms with Crippen LogP contribution >= 0.6 is 0 Å². The van der Waals surface area contributed by atoms with E-state index in [1.165, 1.54) is 4.31 Å². The van der Waals surface area contributed by atoms with Crippen LogP contribution in [-0.4, -0.2) is 61.6 Å². The first kappa shape index (κ1) is 25.1. The minimum Gasteiger partial charge on any atom is -0.390 e. The molecule has 2 aromatic rings. The van der Waals surface area contributed by atoms with Crippen molar-refractivity contribution in [3.05, 3.63) is 36.4 Å². The number of rotatable bonds is 5. The molecule has 0 spiro atoms. The van der Waals surface area contributed by atoms with E-state index in [-0.39, 0.29) is 28.7 Å². The van der Waals surface area contributed by atoms with E-state index in [9.17, 15) is 18.3 Å². The summed E-state index contributed by atoms with van der Waals surface area (Å²) in [5.41, 5.74) is -0.761. The molecule has 8 heteroatoms. The van der Waals surface area contributed by atoms with Gasteiger partial charge in [0.05, 0.1) is 10.5 Å². The Hall–Kier alpha value is -2.16. The van der Waals surface area contributed by atoms with Gasteiger partial charge in [0.1, 0.15) is 5.54 Å². The molecule has 3 atom stereocenters. The van der Waals surface area contributed by atoms with Gasteiger partial charge in [-0.25, -0.2) is 8.42 Å². The maximum atomic E-state index is 14.3. The zero-order valence-electron chi connectivity index (χ0n) is 22.1. The molecule has 0 aromatic heterocycles. The minimum absolute atomic E-state index is 0.0211. The van der Waals surface area contributed by atoms with Crippen molar-refractivity contribution < 1.29 is 18.3 Å². The largest absolute Gasteiger partial charge is 0.390 e. The second kappa shape index (κ2) is 8.68. The van der Waals surface area contributed by atoms with E-state index in [0.29, 0.717) is 24.3 Å². The Morgan fingerprint density at radius 1 is 1.03 bits per heavy atom. The molecule has 200 valence electrons. The Balaban J connectivity index is 1.33. The van der Waals surface area contributed by atoms with Crippen LogP contribution in [0.3, 0.4) is 0 Å². The number of nitrogens with zero attached hydrogens (tertiary/aromatic N) is 2. The monoisotopic (exact) mass is 525 g/mol. The van der Waals surface area contributed by atoms with Crippen LogP contribution in [0.4, 0.5) is 5.69 Å². The molecule has 1 heterocycles. The van der Waals surface area contributed by atoms with E-state index >= 15 is 0 Å². The first-order valence-electron chi connectivity index (χ1n) is 13.8. The molecule has 4 aliphatic carbocycles. The molecule has 2 aromatic carbocycles. The Kier molecular flexibility index (Phi) is 5.90. The van der Waals surface area contributed by atoms with E-state index in [1.54, 1.807) is 19.1 Å². The smallest absolute Gasteiger partial charge is 0.244 e. The van der Waals surface area contributed by atoms with Gasteiger partial charge in [-0.05, 0) is 88.2 Å². The van der Waals surface area contributed by atoms with Crippen molar-refractivity contribution in [3.63, 3.8) is 0 Å². The van der Waals surface area contributed by atoms with E-state index in [2.05, 4.69) is 5.32 Å². The third-order valence-corrected chi connectivity index (χ3v) is 11.8. The van der Waals surface area contributed by atoms with Gasteiger partial charge in [0.25, 0.3) is 0 Å². The maximum absolute atomic E-state index is 14.3. The zero-order chi connectivity index (χ0) is 26.2. The van der Waals surface area contributed by atoms with Crippen LogP contribution in [0.15, 0.2) is 41.3 Å². The van der Waals surface area contributed by atoms with Gasteiger partial charge in [0, 0.05) is 43.1 Å². The highest BCUT2D eigenvalue weighted by atomic mass is 32.2. The second-order valence-electron chi connectivity index (χ2n) is 12.5. The number of benzene rings is 2. The van der Waals surface area contributed by atoms with Crippen molar-refractivity contribution in [1.29, 1.82) is 0 Å². The summed E-state index contributed by atoms with van der Waals surface area (Å²) in [7, 11) is -0.0425. The van der Waals surface area contributed by atoms with Gasteiger partial charge in [0.2, 0.25) is 15.9 Å². The summed E-state index contributed by atoms with van der Waals surface area (Å²) in [6.07, 6.45) is 6.53. The number of carbonyl (C=O) groups excluding carboxylic acids is 1. The van der Waals surface area contributed by atoms with Gasteiger partial charge in [-0.2, -0.15) is 4.31 Å². The van der Waals surface area contributed by atoms with Crippen LogP contribution in [0.1, 0.15) is 58.3 Å². The maximum Gasteiger partial charge on any atom is 0.244 e.